The molecule has 20 heavy (non-hydrogen) atoms. The van der Waals surface area contributed by atoms with Crippen molar-refractivity contribution in [2.45, 2.75) is 44.0 Å². The third-order valence-corrected chi connectivity index (χ3v) is 6.70. The number of hydrogen-bond donors (Lipinski definition) is 2. The molecule has 1 aliphatic rings. The summed E-state index contributed by atoms with van der Waals surface area (Å²) in [5.41, 5.74) is 6.62. The largest absolute Gasteiger partial charge is 0.326 e. The van der Waals surface area contributed by atoms with Gasteiger partial charge in [0.05, 0.1) is 4.90 Å². The highest BCUT2D eigenvalue weighted by molar-refractivity contribution is 9.10. The van der Waals surface area contributed by atoms with Gasteiger partial charge in [0.1, 0.15) is 0 Å². The van der Waals surface area contributed by atoms with E-state index < -0.39 is 10.0 Å². The van der Waals surface area contributed by atoms with Crippen LogP contribution in [-0.4, -0.2) is 15.0 Å². The molecule has 1 saturated carbocycles. The van der Waals surface area contributed by atoms with E-state index in [4.69, 9.17) is 5.73 Å². The minimum absolute atomic E-state index is 0.163. The highest BCUT2D eigenvalue weighted by Gasteiger charge is 2.36. The van der Waals surface area contributed by atoms with Gasteiger partial charge < -0.3 is 5.73 Å². The van der Waals surface area contributed by atoms with Gasteiger partial charge in [0.2, 0.25) is 10.0 Å². The van der Waals surface area contributed by atoms with Gasteiger partial charge in [-0.3, -0.25) is 0 Å². The first-order valence-corrected chi connectivity index (χ1v) is 9.18. The molecule has 112 valence electrons. The Balaban J connectivity index is 2.14. The van der Waals surface area contributed by atoms with Crippen molar-refractivity contribution in [3.05, 3.63) is 28.2 Å². The average molecular weight is 361 g/mol. The summed E-state index contributed by atoms with van der Waals surface area (Å²) in [7, 11) is -3.47. The van der Waals surface area contributed by atoms with Crippen LogP contribution < -0.4 is 10.5 Å². The van der Waals surface area contributed by atoms with Gasteiger partial charge in [-0.2, -0.15) is 0 Å². The van der Waals surface area contributed by atoms with E-state index in [-0.39, 0.29) is 10.3 Å². The van der Waals surface area contributed by atoms with Gasteiger partial charge in [-0.25, -0.2) is 13.1 Å². The van der Waals surface area contributed by atoms with Crippen molar-refractivity contribution in [2.24, 2.45) is 11.1 Å². The smallest absolute Gasteiger partial charge is 0.241 e. The number of nitrogens with two attached hydrogens (primary N) is 1. The fraction of sp³-hybridized carbons (Fsp3) is 0.571. The first-order valence-electron chi connectivity index (χ1n) is 6.91. The Morgan fingerprint density at radius 3 is 2.55 bits per heavy atom. The molecule has 0 bridgehead atoms. The number of hydrogen-bond acceptors (Lipinski definition) is 3. The molecule has 0 atom stereocenters. The second kappa shape index (κ2) is 6.13. The normalized spacial score (nSPS) is 17.8. The summed E-state index contributed by atoms with van der Waals surface area (Å²) >= 11 is 3.32. The Labute approximate surface area is 129 Å². The summed E-state index contributed by atoms with van der Waals surface area (Å²) in [5.74, 6) is 0. The summed E-state index contributed by atoms with van der Waals surface area (Å²) in [6.45, 7) is 3.04. The lowest BCUT2D eigenvalue weighted by Crippen LogP contribution is -2.41. The van der Waals surface area contributed by atoms with E-state index in [1.165, 1.54) is 6.42 Å². The van der Waals surface area contributed by atoms with Crippen LogP contribution in [-0.2, 0) is 16.6 Å². The Hall–Kier alpha value is -0.430. The maximum absolute atomic E-state index is 12.4. The molecule has 0 aromatic heterocycles. The number of sulfonamides is 1. The summed E-state index contributed by atoms with van der Waals surface area (Å²) in [4.78, 5) is 0.278. The first-order chi connectivity index (χ1) is 9.42. The summed E-state index contributed by atoms with van der Waals surface area (Å²) in [5, 5.41) is 0. The average Bonchev–Trinajstić information content (AvgIpc) is 2.37. The van der Waals surface area contributed by atoms with E-state index in [2.05, 4.69) is 27.6 Å². The van der Waals surface area contributed by atoms with Crippen LogP contribution >= 0.6 is 15.9 Å². The highest BCUT2D eigenvalue weighted by atomic mass is 79.9. The van der Waals surface area contributed by atoms with Gasteiger partial charge in [-0.05, 0) is 58.3 Å². The van der Waals surface area contributed by atoms with Crippen LogP contribution in [0, 0.1) is 5.41 Å². The molecule has 1 aliphatic carbocycles. The zero-order valence-corrected chi connectivity index (χ0v) is 14.1. The maximum atomic E-state index is 12.4. The van der Waals surface area contributed by atoms with Crippen molar-refractivity contribution in [3.8, 4) is 0 Å². The Kier molecular flexibility index (Phi) is 4.89. The number of halogens is 1. The van der Waals surface area contributed by atoms with E-state index in [0.717, 1.165) is 24.8 Å². The molecule has 0 saturated heterocycles. The Morgan fingerprint density at radius 1 is 1.40 bits per heavy atom. The van der Waals surface area contributed by atoms with Gasteiger partial charge >= 0.3 is 0 Å². The van der Waals surface area contributed by atoms with Crippen molar-refractivity contribution in [1.29, 1.82) is 0 Å². The van der Waals surface area contributed by atoms with E-state index in [1.54, 1.807) is 18.2 Å². The van der Waals surface area contributed by atoms with E-state index in [0.29, 0.717) is 17.6 Å². The summed E-state index contributed by atoms with van der Waals surface area (Å²) in [6.07, 6.45) is 4.44. The molecule has 6 heteroatoms. The van der Waals surface area contributed by atoms with Crippen LogP contribution in [0.15, 0.2) is 27.6 Å². The predicted octanol–water partition coefficient (Wildman–Crippen LogP) is 2.77. The van der Waals surface area contributed by atoms with E-state index >= 15 is 0 Å². The Morgan fingerprint density at radius 2 is 2.10 bits per heavy atom. The van der Waals surface area contributed by atoms with Crippen LogP contribution in [0.5, 0.6) is 0 Å². The number of benzene rings is 1. The molecule has 4 nitrogen and oxygen atoms in total. The zero-order chi connectivity index (χ0) is 14.8. The lowest BCUT2D eigenvalue weighted by molar-refractivity contribution is 0.133. The van der Waals surface area contributed by atoms with E-state index in [9.17, 15) is 8.42 Å². The molecule has 1 aromatic rings. The summed E-state index contributed by atoms with van der Waals surface area (Å²) < 4.78 is 28.1. The molecule has 0 radical (unpaired) electrons. The topological polar surface area (TPSA) is 72.2 Å². The molecule has 0 amide bonds. The van der Waals surface area contributed by atoms with Gasteiger partial charge in [0.15, 0.2) is 0 Å². The SMILES string of the molecule is CCC1(CNS(=O)(=O)c2ccc(CN)cc2Br)CCC1. The molecule has 0 unspecified atom stereocenters. The predicted molar refractivity (Wildman–Crippen MR) is 83.8 cm³/mol. The lowest BCUT2D eigenvalue weighted by atomic mass is 9.67. The van der Waals surface area contributed by atoms with Crippen LogP contribution in [0.1, 0.15) is 38.2 Å². The molecular weight excluding hydrogens is 340 g/mol. The van der Waals surface area contributed by atoms with Crippen molar-refractivity contribution in [2.75, 3.05) is 6.54 Å². The molecule has 1 aromatic carbocycles. The molecule has 3 N–H and O–H groups in total. The van der Waals surface area contributed by atoms with Gasteiger partial charge in [0.25, 0.3) is 0 Å². The van der Waals surface area contributed by atoms with Gasteiger partial charge in [0, 0.05) is 17.6 Å². The van der Waals surface area contributed by atoms with Gasteiger partial charge in [-0.1, -0.05) is 19.4 Å². The number of nitrogens with one attached hydrogen (secondary N) is 1. The third-order valence-electron chi connectivity index (χ3n) is 4.32. The highest BCUT2D eigenvalue weighted by Crippen LogP contribution is 2.43. The lowest BCUT2D eigenvalue weighted by Gasteiger charge is -2.41. The fourth-order valence-electron chi connectivity index (χ4n) is 2.55. The van der Waals surface area contributed by atoms with Crippen molar-refractivity contribution in [1.82, 2.24) is 4.72 Å². The monoisotopic (exact) mass is 360 g/mol. The van der Waals surface area contributed by atoms with Crippen LogP contribution in [0.2, 0.25) is 0 Å². The zero-order valence-electron chi connectivity index (χ0n) is 11.7. The first kappa shape index (κ1) is 15.9. The second-order valence-corrected chi connectivity index (χ2v) is 8.09. The standard InChI is InChI=1S/C14H21BrN2O2S/c1-2-14(6-3-7-14)10-17-20(18,19)13-5-4-11(9-16)8-12(13)15/h4-5,8,17H,2-3,6-7,9-10,16H2,1H3. The quantitative estimate of drug-likeness (QED) is 0.818. The summed E-state index contributed by atoms with van der Waals surface area (Å²) in [6, 6.07) is 5.11. The number of rotatable bonds is 6. The molecule has 0 spiro atoms. The third kappa shape index (κ3) is 3.24. The van der Waals surface area contributed by atoms with Crippen molar-refractivity contribution in [3.63, 3.8) is 0 Å². The molecule has 1 fully saturated rings. The molecule has 2 rings (SSSR count). The van der Waals surface area contributed by atoms with Crippen LogP contribution in [0.3, 0.4) is 0 Å². The van der Waals surface area contributed by atoms with E-state index in [1.807, 2.05) is 0 Å². The minimum Gasteiger partial charge on any atom is -0.326 e. The maximum Gasteiger partial charge on any atom is 0.241 e. The van der Waals surface area contributed by atoms with Crippen molar-refractivity contribution < 1.29 is 8.42 Å². The Bertz CT molecular complexity index is 577. The molecular formula is C14H21BrN2O2S. The van der Waals surface area contributed by atoms with Gasteiger partial charge in [-0.15, -0.1) is 0 Å². The van der Waals surface area contributed by atoms with Crippen LogP contribution in [0.25, 0.3) is 0 Å². The molecule has 0 aliphatic heterocycles. The van der Waals surface area contributed by atoms with Crippen LogP contribution in [0.4, 0.5) is 0 Å². The fourth-order valence-corrected chi connectivity index (χ4v) is 4.83. The second-order valence-electron chi connectivity index (χ2n) is 5.50. The minimum atomic E-state index is -3.47. The molecule has 0 heterocycles. The van der Waals surface area contributed by atoms with Crippen molar-refractivity contribution >= 4 is 26.0 Å².